The van der Waals surface area contributed by atoms with Crippen LogP contribution in [0.4, 0.5) is 5.69 Å². The summed E-state index contributed by atoms with van der Waals surface area (Å²) in [6, 6.07) is 6.80. The van der Waals surface area contributed by atoms with E-state index in [4.69, 9.17) is 27.3 Å². The van der Waals surface area contributed by atoms with Gasteiger partial charge in [0.15, 0.2) is 5.84 Å². The zero-order valence-electron chi connectivity index (χ0n) is 10.4. The number of benzene rings is 1. The molecule has 0 aliphatic heterocycles. The fourth-order valence-corrected chi connectivity index (χ4v) is 1.68. The molecule has 8 nitrogen and oxygen atoms in total. The van der Waals surface area contributed by atoms with Crippen LogP contribution < -0.4 is 10.5 Å². The molecule has 0 aliphatic carbocycles. The molecule has 1 heterocycles. The Morgan fingerprint density at radius 3 is 2.86 bits per heavy atom. The van der Waals surface area contributed by atoms with Crippen LogP contribution in [0, 0.1) is 10.1 Å². The molecule has 1 aromatic carbocycles. The number of amidine groups is 1. The van der Waals surface area contributed by atoms with Crippen molar-refractivity contribution in [1.29, 1.82) is 0 Å². The first-order valence-corrected chi connectivity index (χ1v) is 5.95. The summed E-state index contributed by atoms with van der Waals surface area (Å²) in [7, 11) is 0. The lowest BCUT2D eigenvalue weighted by atomic mass is 10.3. The van der Waals surface area contributed by atoms with Crippen molar-refractivity contribution in [2.75, 3.05) is 0 Å². The Morgan fingerprint density at radius 1 is 1.43 bits per heavy atom. The van der Waals surface area contributed by atoms with Crippen LogP contribution in [0.1, 0.15) is 5.69 Å². The van der Waals surface area contributed by atoms with Gasteiger partial charge in [0.2, 0.25) is 5.75 Å². The molecule has 0 unspecified atom stereocenters. The normalized spacial score (nSPS) is 11.2. The maximum atomic E-state index is 10.9. The van der Waals surface area contributed by atoms with Crippen LogP contribution in [-0.4, -0.2) is 21.0 Å². The monoisotopic (exact) mass is 308 g/mol. The van der Waals surface area contributed by atoms with Gasteiger partial charge in [-0.05, 0) is 12.1 Å². The molecule has 0 fully saturated rings. The lowest BCUT2D eigenvalue weighted by Crippen LogP contribution is -2.14. The Bertz CT molecular complexity index is 720. The second kappa shape index (κ2) is 6.06. The van der Waals surface area contributed by atoms with Crippen LogP contribution in [0.25, 0.3) is 0 Å². The van der Waals surface area contributed by atoms with Crippen molar-refractivity contribution in [3.8, 4) is 11.5 Å². The fourth-order valence-electron chi connectivity index (χ4n) is 1.51. The Hall–Kier alpha value is -2.87. The molecule has 3 N–H and O–H groups in total. The van der Waals surface area contributed by atoms with E-state index in [1.54, 1.807) is 0 Å². The summed E-state index contributed by atoms with van der Waals surface area (Å²) in [5.74, 6) is 0.00201. The molecule has 1 aromatic heterocycles. The van der Waals surface area contributed by atoms with Crippen molar-refractivity contribution in [3.05, 3.63) is 57.4 Å². The fraction of sp³-hybridized carbons (Fsp3) is 0. The molecule has 0 atom stereocenters. The van der Waals surface area contributed by atoms with Gasteiger partial charge in [-0.3, -0.25) is 15.1 Å². The number of halogens is 1. The maximum absolute atomic E-state index is 10.9. The van der Waals surface area contributed by atoms with Crippen molar-refractivity contribution >= 4 is 23.1 Å². The lowest BCUT2D eigenvalue weighted by molar-refractivity contribution is -0.385. The van der Waals surface area contributed by atoms with Crippen molar-refractivity contribution < 1.29 is 14.9 Å². The van der Waals surface area contributed by atoms with E-state index in [0.717, 1.165) is 0 Å². The highest BCUT2D eigenvalue weighted by Gasteiger charge is 2.16. The summed E-state index contributed by atoms with van der Waals surface area (Å²) in [5, 5.41) is 22.6. The number of nitrogens with zero attached hydrogens (tertiary/aromatic N) is 3. The molecule has 0 amide bonds. The molecule has 0 spiro atoms. The number of aromatic nitrogens is 1. The first kappa shape index (κ1) is 14.5. The number of pyridine rings is 1. The van der Waals surface area contributed by atoms with Crippen molar-refractivity contribution in [2.45, 2.75) is 0 Å². The van der Waals surface area contributed by atoms with Gasteiger partial charge in [0.1, 0.15) is 11.4 Å². The number of hydrogen-bond donors (Lipinski definition) is 2. The third-order valence-corrected chi connectivity index (χ3v) is 2.68. The van der Waals surface area contributed by atoms with E-state index in [0.29, 0.717) is 5.02 Å². The van der Waals surface area contributed by atoms with Crippen molar-refractivity contribution in [2.24, 2.45) is 10.9 Å². The summed E-state index contributed by atoms with van der Waals surface area (Å²) in [6.45, 7) is 0. The van der Waals surface area contributed by atoms with Gasteiger partial charge >= 0.3 is 5.69 Å². The summed E-state index contributed by atoms with van der Waals surface area (Å²) in [5.41, 5.74) is 5.34. The minimum Gasteiger partial charge on any atom is -0.450 e. The zero-order chi connectivity index (χ0) is 15.4. The number of nitro groups is 1. The molecule has 9 heteroatoms. The van der Waals surface area contributed by atoms with E-state index in [1.807, 2.05) is 0 Å². The van der Waals surface area contributed by atoms with Gasteiger partial charge in [0, 0.05) is 29.4 Å². The molecule has 2 aromatic rings. The molecule has 0 bridgehead atoms. The summed E-state index contributed by atoms with van der Waals surface area (Å²) < 4.78 is 5.43. The average molecular weight is 309 g/mol. The zero-order valence-corrected chi connectivity index (χ0v) is 11.2. The Kier molecular flexibility index (Phi) is 4.19. The number of nitro benzene ring substituents is 1. The number of hydrogen-bond acceptors (Lipinski definition) is 6. The summed E-state index contributed by atoms with van der Waals surface area (Å²) in [6.07, 6.45) is 1.36. The minimum absolute atomic E-state index is 0.0239. The number of ether oxygens (including phenoxy) is 1. The average Bonchev–Trinajstić information content (AvgIpc) is 2.46. The standard InChI is InChI=1S/C12H9ClN4O4/c13-7-1-2-10(17(19)20)11(5-7)21-8-3-4-15-9(6-8)12(14)16-18/h1-6,18H,(H2,14,16). The van der Waals surface area contributed by atoms with E-state index in [2.05, 4.69) is 10.1 Å². The molecule has 108 valence electrons. The van der Waals surface area contributed by atoms with Crippen molar-refractivity contribution in [3.63, 3.8) is 0 Å². The molecule has 21 heavy (non-hydrogen) atoms. The lowest BCUT2D eigenvalue weighted by Gasteiger charge is -2.07. The number of oxime groups is 1. The molecule has 0 radical (unpaired) electrons. The SMILES string of the molecule is NC(=NO)c1cc(Oc2cc(Cl)ccc2[N+](=O)[O-])ccn1. The third kappa shape index (κ3) is 3.37. The first-order valence-electron chi connectivity index (χ1n) is 5.57. The molecule has 0 saturated heterocycles. The van der Waals surface area contributed by atoms with E-state index in [1.165, 1.54) is 36.5 Å². The number of rotatable bonds is 4. The molecule has 0 saturated carbocycles. The van der Waals surface area contributed by atoms with Gasteiger partial charge in [0.05, 0.1) is 4.92 Å². The second-order valence-electron chi connectivity index (χ2n) is 3.83. The van der Waals surface area contributed by atoms with Crippen LogP contribution >= 0.6 is 11.6 Å². The third-order valence-electron chi connectivity index (χ3n) is 2.45. The highest BCUT2D eigenvalue weighted by molar-refractivity contribution is 6.30. The van der Waals surface area contributed by atoms with Gasteiger partial charge in [-0.25, -0.2) is 0 Å². The smallest absolute Gasteiger partial charge is 0.311 e. The largest absolute Gasteiger partial charge is 0.450 e. The van der Waals surface area contributed by atoms with E-state index >= 15 is 0 Å². The quantitative estimate of drug-likeness (QED) is 0.294. The number of nitrogens with two attached hydrogens (primary N) is 1. The van der Waals surface area contributed by atoms with Crippen LogP contribution in [0.3, 0.4) is 0 Å². The molecular formula is C12H9ClN4O4. The van der Waals surface area contributed by atoms with Crippen molar-refractivity contribution in [1.82, 2.24) is 4.98 Å². The van der Waals surface area contributed by atoms with Crippen LogP contribution in [0.5, 0.6) is 11.5 Å². The van der Waals surface area contributed by atoms with E-state index < -0.39 is 4.92 Å². The Balaban J connectivity index is 2.38. The first-order chi connectivity index (χ1) is 10.0. The molecular weight excluding hydrogens is 300 g/mol. The molecule has 0 aliphatic rings. The Labute approximate surface area is 123 Å². The van der Waals surface area contributed by atoms with Gasteiger partial charge < -0.3 is 15.7 Å². The van der Waals surface area contributed by atoms with E-state index in [-0.39, 0.29) is 28.7 Å². The highest BCUT2D eigenvalue weighted by Crippen LogP contribution is 2.33. The van der Waals surface area contributed by atoms with Crippen LogP contribution in [0.15, 0.2) is 41.7 Å². The summed E-state index contributed by atoms with van der Waals surface area (Å²) in [4.78, 5) is 14.2. The highest BCUT2D eigenvalue weighted by atomic mass is 35.5. The van der Waals surface area contributed by atoms with Crippen LogP contribution in [0.2, 0.25) is 5.02 Å². The van der Waals surface area contributed by atoms with E-state index in [9.17, 15) is 10.1 Å². The minimum atomic E-state index is -0.586. The summed E-state index contributed by atoms with van der Waals surface area (Å²) >= 11 is 5.80. The van der Waals surface area contributed by atoms with Gasteiger partial charge in [-0.1, -0.05) is 16.8 Å². The van der Waals surface area contributed by atoms with Crippen LogP contribution in [-0.2, 0) is 0 Å². The van der Waals surface area contributed by atoms with Gasteiger partial charge in [-0.2, -0.15) is 0 Å². The topological polar surface area (TPSA) is 124 Å². The van der Waals surface area contributed by atoms with Gasteiger partial charge in [0.25, 0.3) is 0 Å². The predicted molar refractivity (Wildman–Crippen MR) is 74.9 cm³/mol. The Morgan fingerprint density at radius 2 is 2.19 bits per heavy atom. The maximum Gasteiger partial charge on any atom is 0.311 e. The second-order valence-corrected chi connectivity index (χ2v) is 4.27. The predicted octanol–water partition coefficient (Wildman–Crippen LogP) is 2.53. The molecule has 2 rings (SSSR count). The van der Waals surface area contributed by atoms with Gasteiger partial charge in [-0.15, -0.1) is 0 Å².